The van der Waals surface area contributed by atoms with Gasteiger partial charge < -0.3 is 5.32 Å². The van der Waals surface area contributed by atoms with Crippen LogP contribution in [0.15, 0.2) is 18.2 Å². The first-order valence-electron chi connectivity index (χ1n) is 6.28. The Kier molecular flexibility index (Phi) is 3.79. The zero-order valence-corrected chi connectivity index (χ0v) is 10.8. The molecule has 0 amide bonds. The first kappa shape index (κ1) is 12.5. The van der Waals surface area contributed by atoms with Crippen LogP contribution in [-0.4, -0.2) is 30.1 Å². The quantitative estimate of drug-likeness (QED) is 0.847. The van der Waals surface area contributed by atoms with Gasteiger partial charge >= 0.3 is 0 Å². The van der Waals surface area contributed by atoms with Gasteiger partial charge in [0.15, 0.2) is 0 Å². The molecular formula is C14H21FN2. The molecule has 1 saturated heterocycles. The third-order valence-corrected chi connectivity index (χ3v) is 3.57. The van der Waals surface area contributed by atoms with Gasteiger partial charge in [0.1, 0.15) is 5.82 Å². The molecule has 1 aromatic carbocycles. The Hall–Kier alpha value is -0.930. The van der Waals surface area contributed by atoms with E-state index in [-0.39, 0.29) is 5.82 Å². The summed E-state index contributed by atoms with van der Waals surface area (Å²) in [6.45, 7) is 9.42. The van der Waals surface area contributed by atoms with E-state index in [1.807, 2.05) is 13.0 Å². The molecule has 2 unspecified atom stereocenters. The van der Waals surface area contributed by atoms with Crippen molar-refractivity contribution in [3.05, 3.63) is 35.1 Å². The second kappa shape index (κ2) is 5.15. The first-order valence-corrected chi connectivity index (χ1v) is 6.28. The van der Waals surface area contributed by atoms with Crippen LogP contribution in [0.5, 0.6) is 0 Å². The van der Waals surface area contributed by atoms with Crippen LogP contribution in [0.1, 0.15) is 25.0 Å². The number of rotatable bonds is 2. The fraction of sp³-hybridized carbons (Fsp3) is 0.571. The molecule has 0 bridgehead atoms. The van der Waals surface area contributed by atoms with E-state index in [0.717, 1.165) is 25.2 Å². The highest BCUT2D eigenvalue weighted by Crippen LogP contribution is 2.16. The second-order valence-electron chi connectivity index (χ2n) is 5.16. The zero-order chi connectivity index (χ0) is 12.4. The molecule has 1 fully saturated rings. The van der Waals surface area contributed by atoms with Crippen LogP contribution in [-0.2, 0) is 6.54 Å². The normalized spacial score (nSPS) is 26.1. The van der Waals surface area contributed by atoms with Crippen molar-refractivity contribution in [3.8, 4) is 0 Å². The number of hydrogen-bond donors (Lipinski definition) is 1. The molecule has 0 aliphatic carbocycles. The van der Waals surface area contributed by atoms with E-state index in [9.17, 15) is 4.39 Å². The summed E-state index contributed by atoms with van der Waals surface area (Å²) in [6.07, 6.45) is 0. The van der Waals surface area contributed by atoms with Crippen molar-refractivity contribution in [2.24, 2.45) is 0 Å². The van der Waals surface area contributed by atoms with Crippen molar-refractivity contribution in [2.45, 2.75) is 39.4 Å². The molecule has 1 aromatic rings. The Balaban J connectivity index is 2.08. The summed E-state index contributed by atoms with van der Waals surface area (Å²) in [5, 5.41) is 3.47. The lowest BCUT2D eigenvalue weighted by Crippen LogP contribution is -2.53. The van der Waals surface area contributed by atoms with E-state index < -0.39 is 0 Å². The van der Waals surface area contributed by atoms with Crippen LogP contribution in [0.4, 0.5) is 4.39 Å². The zero-order valence-electron chi connectivity index (χ0n) is 10.8. The van der Waals surface area contributed by atoms with Crippen molar-refractivity contribution in [1.29, 1.82) is 0 Å². The lowest BCUT2D eigenvalue weighted by atomic mass is 10.1. The maximum Gasteiger partial charge on any atom is 0.123 e. The van der Waals surface area contributed by atoms with Gasteiger partial charge in [-0.2, -0.15) is 0 Å². The average Bonchev–Trinajstić information content (AvgIpc) is 2.27. The molecule has 1 aliphatic heterocycles. The van der Waals surface area contributed by atoms with Gasteiger partial charge in [0.05, 0.1) is 0 Å². The molecule has 3 heteroatoms. The molecule has 2 atom stereocenters. The number of aryl methyl sites for hydroxylation is 1. The summed E-state index contributed by atoms with van der Waals surface area (Å²) in [6, 6.07) is 6.15. The fourth-order valence-electron chi connectivity index (χ4n) is 2.37. The number of benzene rings is 1. The van der Waals surface area contributed by atoms with E-state index in [1.54, 1.807) is 12.1 Å². The van der Waals surface area contributed by atoms with Crippen LogP contribution in [0.3, 0.4) is 0 Å². The van der Waals surface area contributed by atoms with Crippen LogP contribution in [0, 0.1) is 12.7 Å². The van der Waals surface area contributed by atoms with Gasteiger partial charge in [-0.15, -0.1) is 0 Å². The van der Waals surface area contributed by atoms with Gasteiger partial charge in [0.2, 0.25) is 0 Å². The van der Waals surface area contributed by atoms with Crippen LogP contribution in [0.25, 0.3) is 0 Å². The lowest BCUT2D eigenvalue weighted by molar-refractivity contribution is 0.138. The summed E-state index contributed by atoms with van der Waals surface area (Å²) in [5.41, 5.74) is 2.27. The Labute approximate surface area is 103 Å². The van der Waals surface area contributed by atoms with Crippen molar-refractivity contribution >= 4 is 0 Å². The van der Waals surface area contributed by atoms with Crippen LogP contribution < -0.4 is 5.32 Å². The van der Waals surface area contributed by atoms with Crippen LogP contribution in [0.2, 0.25) is 0 Å². The van der Waals surface area contributed by atoms with Gasteiger partial charge in [-0.05, 0) is 44.0 Å². The van der Waals surface area contributed by atoms with Gasteiger partial charge in [-0.1, -0.05) is 6.07 Å². The second-order valence-corrected chi connectivity index (χ2v) is 5.16. The van der Waals surface area contributed by atoms with Crippen molar-refractivity contribution in [3.63, 3.8) is 0 Å². The largest absolute Gasteiger partial charge is 0.311 e. The molecule has 2 rings (SSSR count). The van der Waals surface area contributed by atoms with Crippen molar-refractivity contribution in [1.82, 2.24) is 10.2 Å². The summed E-state index contributed by atoms with van der Waals surface area (Å²) in [5.74, 6) is -0.145. The van der Waals surface area contributed by atoms with Gasteiger partial charge in [0, 0.05) is 31.7 Å². The highest BCUT2D eigenvalue weighted by molar-refractivity contribution is 5.26. The smallest absolute Gasteiger partial charge is 0.123 e. The minimum absolute atomic E-state index is 0.145. The van der Waals surface area contributed by atoms with Crippen LogP contribution >= 0.6 is 0 Å². The van der Waals surface area contributed by atoms with E-state index in [0.29, 0.717) is 12.1 Å². The Morgan fingerprint density at radius 2 is 2.18 bits per heavy atom. The average molecular weight is 236 g/mol. The summed E-state index contributed by atoms with van der Waals surface area (Å²) >= 11 is 0. The molecule has 0 saturated carbocycles. The molecule has 0 aromatic heterocycles. The van der Waals surface area contributed by atoms with Gasteiger partial charge in [-0.3, -0.25) is 4.90 Å². The number of halogens is 1. The highest BCUT2D eigenvalue weighted by Gasteiger charge is 2.22. The molecule has 0 radical (unpaired) electrons. The molecule has 1 N–H and O–H groups in total. The third-order valence-electron chi connectivity index (χ3n) is 3.57. The Morgan fingerprint density at radius 3 is 2.88 bits per heavy atom. The van der Waals surface area contributed by atoms with E-state index in [2.05, 4.69) is 24.1 Å². The molecule has 0 spiro atoms. The summed E-state index contributed by atoms with van der Waals surface area (Å²) in [4.78, 5) is 2.46. The predicted octanol–water partition coefficient (Wildman–Crippen LogP) is 2.32. The molecule has 1 aliphatic rings. The summed E-state index contributed by atoms with van der Waals surface area (Å²) in [7, 11) is 0. The van der Waals surface area contributed by atoms with Crippen molar-refractivity contribution in [2.75, 3.05) is 13.1 Å². The number of nitrogens with zero attached hydrogens (tertiary/aromatic N) is 1. The maximum absolute atomic E-state index is 13.0. The van der Waals surface area contributed by atoms with Gasteiger partial charge in [0.25, 0.3) is 0 Å². The van der Waals surface area contributed by atoms with E-state index in [4.69, 9.17) is 0 Å². The van der Waals surface area contributed by atoms with Gasteiger partial charge in [-0.25, -0.2) is 4.39 Å². The first-order chi connectivity index (χ1) is 8.06. The molecule has 2 nitrogen and oxygen atoms in total. The Bertz CT molecular complexity index is 392. The topological polar surface area (TPSA) is 15.3 Å². The third kappa shape index (κ3) is 3.05. The predicted molar refractivity (Wildman–Crippen MR) is 68.5 cm³/mol. The highest BCUT2D eigenvalue weighted by atomic mass is 19.1. The minimum atomic E-state index is -0.145. The van der Waals surface area contributed by atoms with E-state index in [1.165, 1.54) is 5.56 Å². The fourth-order valence-corrected chi connectivity index (χ4v) is 2.37. The number of piperazine rings is 1. The lowest BCUT2D eigenvalue weighted by Gasteiger charge is -2.37. The summed E-state index contributed by atoms with van der Waals surface area (Å²) < 4.78 is 13.0. The Morgan fingerprint density at radius 1 is 1.41 bits per heavy atom. The molecule has 17 heavy (non-hydrogen) atoms. The minimum Gasteiger partial charge on any atom is -0.311 e. The maximum atomic E-state index is 13.0. The van der Waals surface area contributed by atoms with E-state index >= 15 is 0 Å². The standard InChI is InChI=1S/C14H21FN2/c1-10-6-14(15)5-4-13(10)9-17-8-11(2)16-7-12(17)3/h4-6,11-12,16H,7-9H2,1-3H3. The monoisotopic (exact) mass is 236 g/mol. The number of nitrogens with one attached hydrogen (secondary N) is 1. The SMILES string of the molecule is Cc1cc(F)ccc1CN1CC(C)NCC1C. The molecule has 94 valence electrons. The number of hydrogen-bond acceptors (Lipinski definition) is 2. The molecule has 1 heterocycles. The van der Waals surface area contributed by atoms with Crippen molar-refractivity contribution < 1.29 is 4.39 Å². The molecular weight excluding hydrogens is 215 g/mol.